The predicted octanol–water partition coefficient (Wildman–Crippen LogP) is 5.88. The molecule has 0 aliphatic heterocycles. The Bertz CT molecular complexity index is 1120. The van der Waals surface area contributed by atoms with Crippen LogP contribution in [0.3, 0.4) is 0 Å². The first-order valence-electron chi connectivity index (χ1n) is 10.9. The van der Waals surface area contributed by atoms with E-state index in [9.17, 15) is 9.18 Å². The van der Waals surface area contributed by atoms with E-state index in [2.05, 4.69) is 25.3 Å². The molecule has 1 amide bonds. The molecule has 1 N–H and O–H groups in total. The van der Waals surface area contributed by atoms with E-state index in [0.29, 0.717) is 16.8 Å². The smallest absolute Gasteiger partial charge is 0.250 e. The normalized spacial score (nSPS) is 14.9. The van der Waals surface area contributed by atoms with E-state index in [-0.39, 0.29) is 17.5 Å². The van der Waals surface area contributed by atoms with Gasteiger partial charge in [-0.05, 0) is 61.7 Å². The molecule has 3 aromatic rings. The second-order valence-electron chi connectivity index (χ2n) is 8.00. The fourth-order valence-electron chi connectivity index (χ4n) is 3.90. The molecule has 1 aliphatic carbocycles. The van der Waals surface area contributed by atoms with Gasteiger partial charge in [-0.1, -0.05) is 54.8 Å². The van der Waals surface area contributed by atoms with Crippen LogP contribution in [-0.4, -0.2) is 32.1 Å². The lowest BCUT2D eigenvalue weighted by atomic mass is 9.95. The van der Waals surface area contributed by atoms with E-state index in [1.165, 1.54) is 43.2 Å². The molecule has 0 spiro atoms. The number of nitrogens with one attached hydrogen (secondary N) is 1. The van der Waals surface area contributed by atoms with E-state index < -0.39 is 0 Å². The van der Waals surface area contributed by atoms with Gasteiger partial charge in [0.15, 0.2) is 11.0 Å². The zero-order valence-corrected chi connectivity index (χ0v) is 19.9. The summed E-state index contributed by atoms with van der Waals surface area (Å²) in [7, 11) is 0. The van der Waals surface area contributed by atoms with Crippen LogP contribution in [0.5, 0.6) is 0 Å². The fraction of sp³-hybridized carbons (Fsp3) is 0.333. The second kappa shape index (κ2) is 10.9. The van der Waals surface area contributed by atoms with E-state index in [1.54, 1.807) is 19.1 Å². The van der Waals surface area contributed by atoms with Crippen LogP contribution >= 0.6 is 23.4 Å². The number of aromatic nitrogens is 3. The monoisotopic (exact) mass is 485 g/mol. The third-order valence-corrected chi connectivity index (χ3v) is 6.84. The summed E-state index contributed by atoms with van der Waals surface area (Å²) in [5, 5.41) is 14.4. The molecule has 33 heavy (non-hydrogen) atoms. The molecule has 172 valence electrons. The summed E-state index contributed by atoms with van der Waals surface area (Å²) in [5.41, 5.74) is 4.87. The number of benzene rings is 2. The van der Waals surface area contributed by atoms with Gasteiger partial charge in [-0.3, -0.25) is 9.36 Å². The van der Waals surface area contributed by atoms with Gasteiger partial charge in [0.2, 0.25) is 0 Å². The third-order valence-electron chi connectivity index (χ3n) is 5.65. The first kappa shape index (κ1) is 23.4. The van der Waals surface area contributed by atoms with Crippen LogP contribution in [0.25, 0.3) is 11.4 Å². The van der Waals surface area contributed by atoms with Gasteiger partial charge in [-0.25, -0.2) is 9.82 Å². The Hall–Kier alpha value is -2.71. The molecule has 1 aromatic heterocycles. The largest absolute Gasteiger partial charge is 0.299 e. The van der Waals surface area contributed by atoms with Crippen molar-refractivity contribution in [2.75, 3.05) is 5.75 Å². The number of amides is 1. The zero-order valence-electron chi connectivity index (χ0n) is 18.3. The molecule has 0 bridgehead atoms. The SMILES string of the molecule is C/C(=N/NC(=O)CSc1nnc(-c2ccc(Cl)cc2)n1C1CCCCC1)c1ccc(F)cc1. The third kappa shape index (κ3) is 6.00. The maximum Gasteiger partial charge on any atom is 0.250 e. The first-order chi connectivity index (χ1) is 16.0. The summed E-state index contributed by atoms with van der Waals surface area (Å²) in [4.78, 5) is 12.4. The molecule has 1 aliphatic rings. The van der Waals surface area contributed by atoms with Crippen LogP contribution in [0, 0.1) is 5.82 Å². The minimum atomic E-state index is -0.313. The number of rotatable bonds is 7. The van der Waals surface area contributed by atoms with Crippen molar-refractivity contribution in [3.8, 4) is 11.4 Å². The van der Waals surface area contributed by atoms with E-state index in [1.807, 2.05) is 24.3 Å². The van der Waals surface area contributed by atoms with Gasteiger partial charge in [-0.2, -0.15) is 5.10 Å². The summed E-state index contributed by atoms with van der Waals surface area (Å²) < 4.78 is 15.3. The summed E-state index contributed by atoms with van der Waals surface area (Å²) >= 11 is 7.41. The number of carbonyl (C=O) groups excluding carboxylic acids is 1. The highest BCUT2D eigenvalue weighted by Gasteiger charge is 2.24. The number of hydrogen-bond donors (Lipinski definition) is 1. The molecule has 4 rings (SSSR count). The lowest BCUT2D eigenvalue weighted by molar-refractivity contribution is -0.118. The first-order valence-corrected chi connectivity index (χ1v) is 12.3. The molecule has 6 nitrogen and oxygen atoms in total. The summed E-state index contributed by atoms with van der Waals surface area (Å²) in [6.07, 6.45) is 5.72. The topological polar surface area (TPSA) is 72.2 Å². The van der Waals surface area contributed by atoms with Crippen LogP contribution in [0.4, 0.5) is 4.39 Å². The standard InChI is InChI=1S/C24H25ClFN5OS/c1-16(17-9-13-20(26)14-10-17)27-28-22(32)15-33-24-30-29-23(18-7-11-19(25)12-8-18)31(24)21-5-3-2-4-6-21/h7-14,21H,2-6,15H2,1H3,(H,28,32)/b27-16-. The van der Waals surface area contributed by atoms with Crippen molar-refractivity contribution >= 4 is 35.0 Å². The number of carbonyl (C=O) groups is 1. The lowest BCUT2D eigenvalue weighted by Crippen LogP contribution is -2.22. The Balaban J connectivity index is 1.47. The Kier molecular flexibility index (Phi) is 7.77. The number of hydrogen-bond acceptors (Lipinski definition) is 5. The van der Waals surface area contributed by atoms with Crippen LogP contribution in [-0.2, 0) is 4.79 Å². The summed E-state index contributed by atoms with van der Waals surface area (Å²) in [6.45, 7) is 1.76. The highest BCUT2D eigenvalue weighted by atomic mass is 35.5. The molecule has 2 aromatic carbocycles. The number of hydrazone groups is 1. The van der Waals surface area contributed by atoms with Crippen LogP contribution in [0.2, 0.25) is 5.02 Å². The van der Waals surface area contributed by atoms with Gasteiger partial charge < -0.3 is 0 Å². The molecule has 0 radical (unpaired) electrons. The second-order valence-corrected chi connectivity index (χ2v) is 9.38. The Morgan fingerprint density at radius 3 is 2.52 bits per heavy atom. The van der Waals surface area contributed by atoms with Gasteiger partial charge >= 0.3 is 0 Å². The van der Waals surface area contributed by atoms with Crippen molar-refractivity contribution in [2.45, 2.75) is 50.2 Å². The van der Waals surface area contributed by atoms with Crippen LogP contribution in [0.1, 0.15) is 50.6 Å². The van der Waals surface area contributed by atoms with Crippen LogP contribution in [0.15, 0.2) is 58.8 Å². The van der Waals surface area contributed by atoms with Gasteiger partial charge in [0.1, 0.15) is 5.82 Å². The van der Waals surface area contributed by atoms with Crippen molar-refractivity contribution in [3.63, 3.8) is 0 Å². The molecule has 1 heterocycles. The average Bonchev–Trinajstić information content (AvgIpc) is 3.26. The highest BCUT2D eigenvalue weighted by molar-refractivity contribution is 7.99. The van der Waals surface area contributed by atoms with Gasteiger partial charge in [-0.15, -0.1) is 10.2 Å². The molecule has 1 fully saturated rings. The number of halogens is 2. The molecule has 1 saturated carbocycles. The quantitative estimate of drug-likeness (QED) is 0.258. The predicted molar refractivity (Wildman–Crippen MR) is 130 cm³/mol. The Morgan fingerprint density at radius 1 is 1.12 bits per heavy atom. The summed E-state index contributed by atoms with van der Waals surface area (Å²) in [5.74, 6) is 0.400. The van der Waals surface area contributed by atoms with Crippen molar-refractivity contribution in [1.82, 2.24) is 20.2 Å². The minimum absolute atomic E-state index is 0.158. The van der Waals surface area contributed by atoms with Crippen molar-refractivity contribution in [2.24, 2.45) is 5.10 Å². The number of nitrogens with zero attached hydrogens (tertiary/aromatic N) is 4. The Morgan fingerprint density at radius 2 is 1.82 bits per heavy atom. The van der Waals surface area contributed by atoms with Crippen LogP contribution < -0.4 is 5.43 Å². The molecule has 0 saturated heterocycles. The molecule has 0 unspecified atom stereocenters. The van der Waals surface area contributed by atoms with E-state index >= 15 is 0 Å². The summed E-state index contributed by atoms with van der Waals surface area (Å²) in [6, 6.07) is 13.9. The fourth-order valence-corrected chi connectivity index (χ4v) is 4.83. The lowest BCUT2D eigenvalue weighted by Gasteiger charge is -2.25. The van der Waals surface area contributed by atoms with E-state index in [4.69, 9.17) is 11.6 Å². The van der Waals surface area contributed by atoms with E-state index in [0.717, 1.165) is 34.9 Å². The minimum Gasteiger partial charge on any atom is -0.299 e. The molecule has 9 heteroatoms. The molecular weight excluding hydrogens is 461 g/mol. The molecular formula is C24H25ClFN5OS. The maximum absolute atomic E-state index is 13.1. The Labute approximate surface area is 201 Å². The molecule has 0 atom stereocenters. The van der Waals surface area contributed by atoms with Gasteiger partial charge in [0.25, 0.3) is 5.91 Å². The van der Waals surface area contributed by atoms with Gasteiger partial charge in [0.05, 0.1) is 11.5 Å². The average molecular weight is 486 g/mol. The van der Waals surface area contributed by atoms with Crippen molar-refractivity contribution in [3.05, 3.63) is 64.9 Å². The van der Waals surface area contributed by atoms with Crippen molar-refractivity contribution < 1.29 is 9.18 Å². The van der Waals surface area contributed by atoms with Crippen molar-refractivity contribution in [1.29, 1.82) is 0 Å². The zero-order chi connectivity index (χ0) is 23.2. The van der Waals surface area contributed by atoms with Gasteiger partial charge in [0, 0.05) is 16.6 Å². The highest BCUT2D eigenvalue weighted by Crippen LogP contribution is 2.35. The maximum atomic E-state index is 13.1. The number of thioether (sulfide) groups is 1.